The van der Waals surface area contributed by atoms with Gasteiger partial charge in [0.05, 0.1) is 6.42 Å². The summed E-state index contributed by atoms with van der Waals surface area (Å²) in [6.07, 6.45) is -0.274. The predicted molar refractivity (Wildman–Crippen MR) is 80.0 cm³/mol. The van der Waals surface area contributed by atoms with Gasteiger partial charge in [-0.25, -0.2) is 0 Å². The third kappa shape index (κ3) is 6.07. The van der Waals surface area contributed by atoms with E-state index in [1.807, 2.05) is 20.8 Å². The number of rotatable bonds is 5. The van der Waals surface area contributed by atoms with Crippen molar-refractivity contribution < 1.29 is 19.5 Å². The van der Waals surface area contributed by atoms with Crippen LogP contribution in [-0.4, -0.2) is 22.9 Å². The van der Waals surface area contributed by atoms with Crippen molar-refractivity contribution in [3.05, 3.63) is 24.3 Å². The Balaban J connectivity index is 2.56. The van der Waals surface area contributed by atoms with Crippen LogP contribution in [0.4, 0.5) is 11.4 Å². The molecule has 0 aliphatic heterocycles. The van der Waals surface area contributed by atoms with Crippen LogP contribution in [0.2, 0.25) is 0 Å². The van der Waals surface area contributed by atoms with E-state index in [4.69, 9.17) is 5.11 Å². The second-order valence-electron chi connectivity index (χ2n) is 5.72. The number of benzene rings is 1. The molecule has 0 aliphatic carbocycles. The standard InChI is InChI=1S/C15H20N2O4/c1-15(2,3)14(21)17-11-6-4-10(5-7-11)16-12(18)8-9-13(19)20/h4-7H,8-9H2,1-3H3,(H,16,18)(H,17,21)(H,19,20). The maximum atomic E-state index is 11.8. The third-order valence-corrected chi connectivity index (χ3v) is 2.67. The first-order valence-electron chi connectivity index (χ1n) is 6.61. The summed E-state index contributed by atoms with van der Waals surface area (Å²) in [6, 6.07) is 6.65. The number of hydrogen-bond acceptors (Lipinski definition) is 3. The van der Waals surface area contributed by atoms with Crippen molar-refractivity contribution in [3.8, 4) is 0 Å². The molecule has 0 spiro atoms. The van der Waals surface area contributed by atoms with Crippen molar-refractivity contribution in [2.45, 2.75) is 33.6 Å². The van der Waals surface area contributed by atoms with Crippen LogP contribution in [0.1, 0.15) is 33.6 Å². The predicted octanol–water partition coefficient (Wildman–Crippen LogP) is 2.47. The molecule has 0 saturated carbocycles. The van der Waals surface area contributed by atoms with Gasteiger partial charge in [0.15, 0.2) is 0 Å². The molecule has 1 aromatic rings. The van der Waals surface area contributed by atoms with E-state index in [1.165, 1.54) is 0 Å². The van der Waals surface area contributed by atoms with E-state index in [0.717, 1.165) is 0 Å². The van der Waals surface area contributed by atoms with Crippen LogP contribution in [-0.2, 0) is 14.4 Å². The first kappa shape index (κ1) is 16.7. The average molecular weight is 292 g/mol. The smallest absolute Gasteiger partial charge is 0.303 e. The zero-order chi connectivity index (χ0) is 16.0. The van der Waals surface area contributed by atoms with Gasteiger partial charge in [-0.05, 0) is 24.3 Å². The molecular formula is C15H20N2O4. The minimum absolute atomic E-state index is 0.0716. The number of carboxylic acids is 1. The van der Waals surface area contributed by atoms with Crippen LogP contribution in [0.25, 0.3) is 0 Å². The van der Waals surface area contributed by atoms with E-state index in [9.17, 15) is 14.4 Å². The fourth-order valence-corrected chi connectivity index (χ4v) is 1.40. The Kier molecular flexibility index (Phi) is 5.46. The molecule has 6 nitrogen and oxygen atoms in total. The van der Waals surface area contributed by atoms with Gasteiger partial charge in [-0.2, -0.15) is 0 Å². The Hall–Kier alpha value is -2.37. The molecule has 21 heavy (non-hydrogen) atoms. The number of anilines is 2. The van der Waals surface area contributed by atoms with Crippen LogP contribution in [0.3, 0.4) is 0 Å². The topological polar surface area (TPSA) is 95.5 Å². The van der Waals surface area contributed by atoms with Gasteiger partial charge in [-0.1, -0.05) is 20.8 Å². The number of aliphatic carboxylic acids is 1. The number of carbonyl (C=O) groups excluding carboxylic acids is 2. The molecule has 0 radical (unpaired) electrons. The molecule has 1 aromatic carbocycles. The molecule has 0 unspecified atom stereocenters. The highest BCUT2D eigenvalue weighted by Crippen LogP contribution is 2.19. The van der Waals surface area contributed by atoms with Gasteiger partial charge in [0.1, 0.15) is 0 Å². The van der Waals surface area contributed by atoms with Gasteiger partial charge in [0, 0.05) is 23.2 Å². The van der Waals surface area contributed by atoms with Crippen molar-refractivity contribution in [1.29, 1.82) is 0 Å². The largest absolute Gasteiger partial charge is 0.481 e. The van der Waals surface area contributed by atoms with Crippen LogP contribution < -0.4 is 10.6 Å². The number of carbonyl (C=O) groups is 3. The molecule has 0 heterocycles. The van der Waals surface area contributed by atoms with E-state index < -0.39 is 11.4 Å². The monoisotopic (exact) mass is 292 g/mol. The summed E-state index contributed by atoms with van der Waals surface area (Å²) in [6.45, 7) is 5.46. The lowest BCUT2D eigenvalue weighted by Crippen LogP contribution is -2.27. The molecule has 2 amide bonds. The van der Waals surface area contributed by atoms with Crippen molar-refractivity contribution in [1.82, 2.24) is 0 Å². The molecule has 6 heteroatoms. The van der Waals surface area contributed by atoms with E-state index in [2.05, 4.69) is 10.6 Å². The summed E-state index contributed by atoms with van der Waals surface area (Å²) in [5, 5.41) is 13.9. The Morgan fingerprint density at radius 2 is 1.43 bits per heavy atom. The minimum Gasteiger partial charge on any atom is -0.481 e. The molecular weight excluding hydrogens is 272 g/mol. The fourth-order valence-electron chi connectivity index (χ4n) is 1.40. The molecule has 114 valence electrons. The summed E-state index contributed by atoms with van der Waals surface area (Å²) in [5.41, 5.74) is 0.710. The van der Waals surface area contributed by atoms with Crippen molar-refractivity contribution >= 4 is 29.2 Å². The summed E-state index contributed by atoms with van der Waals surface area (Å²) in [5.74, 6) is -1.46. The van der Waals surface area contributed by atoms with Gasteiger partial charge in [-0.3, -0.25) is 14.4 Å². The highest BCUT2D eigenvalue weighted by molar-refractivity contribution is 5.95. The Labute approximate surface area is 123 Å². The van der Waals surface area contributed by atoms with Gasteiger partial charge in [0.2, 0.25) is 11.8 Å². The molecule has 0 aliphatic rings. The second kappa shape index (κ2) is 6.88. The lowest BCUT2D eigenvalue weighted by atomic mass is 9.95. The summed E-state index contributed by atoms with van der Waals surface area (Å²) in [7, 11) is 0. The normalized spacial score (nSPS) is 10.8. The Bertz CT molecular complexity index is 530. The lowest BCUT2D eigenvalue weighted by molar-refractivity contribution is -0.138. The Morgan fingerprint density at radius 3 is 1.86 bits per heavy atom. The average Bonchev–Trinajstić information content (AvgIpc) is 2.37. The minimum atomic E-state index is -1.01. The molecule has 3 N–H and O–H groups in total. The summed E-state index contributed by atoms with van der Waals surface area (Å²) < 4.78 is 0. The molecule has 1 rings (SSSR count). The number of hydrogen-bond donors (Lipinski definition) is 3. The summed E-state index contributed by atoms with van der Waals surface area (Å²) in [4.78, 5) is 33.6. The number of carboxylic acid groups (broad SMARTS) is 1. The molecule has 0 atom stereocenters. The van der Waals surface area contributed by atoms with E-state index in [-0.39, 0.29) is 24.7 Å². The zero-order valence-electron chi connectivity index (χ0n) is 12.4. The van der Waals surface area contributed by atoms with Crippen LogP contribution in [0.5, 0.6) is 0 Å². The number of nitrogens with one attached hydrogen (secondary N) is 2. The fraction of sp³-hybridized carbons (Fsp3) is 0.400. The van der Waals surface area contributed by atoms with Crippen molar-refractivity contribution in [2.24, 2.45) is 5.41 Å². The van der Waals surface area contributed by atoms with E-state index >= 15 is 0 Å². The second-order valence-corrected chi connectivity index (χ2v) is 5.72. The van der Waals surface area contributed by atoms with Crippen LogP contribution >= 0.6 is 0 Å². The molecule has 0 aromatic heterocycles. The zero-order valence-corrected chi connectivity index (χ0v) is 12.4. The highest BCUT2D eigenvalue weighted by Gasteiger charge is 2.20. The number of amides is 2. The van der Waals surface area contributed by atoms with Gasteiger partial charge in [-0.15, -0.1) is 0 Å². The van der Waals surface area contributed by atoms with E-state index in [1.54, 1.807) is 24.3 Å². The molecule has 0 fully saturated rings. The van der Waals surface area contributed by atoms with Crippen LogP contribution in [0, 0.1) is 5.41 Å². The SMILES string of the molecule is CC(C)(C)C(=O)Nc1ccc(NC(=O)CCC(=O)O)cc1. The van der Waals surface area contributed by atoms with Gasteiger partial charge in [0.25, 0.3) is 0 Å². The lowest BCUT2D eigenvalue weighted by Gasteiger charge is -2.17. The van der Waals surface area contributed by atoms with Crippen LogP contribution in [0.15, 0.2) is 24.3 Å². The first-order chi connectivity index (χ1) is 9.68. The van der Waals surface area contributed by atoms with Crippen molar-refractivity contribution in [2.75, 3.05) is 10.6 Å². The van der Waals surface area contributed by atoms with Gasteiger partial charge >= 0.3 is 5.97 Å². The Morgan fingerprint density at radius 1 is 0.952 bits per heavy atom. The maximum Gasteiger partial charge on any atom is 0.303 e. The van der Waals surface area contributed by atoms with E-state index in [0.29, 0.717) is 11.4 Å². The third-order valence-electron chi connectivity index (χ3n) is 2.67. The molecule has 0 saturated heterocycles. The highest BCUT2D eigenvalue weighted by atomic mass is 16.4. The maximum absolute atomic E-state index is 11.8. The van der Waals surface area contributed by atoms with Gasteiger partial charge < -0.3 is 15.7 Å². The summed E-state index contributed by atoms with van der Waals surface area (Å²) >= 11 is 0. The molecule has 0 bridgehead atoms. The quantitative estimate of drug-likeness (QED) is 0.776. The van der Waals surface area contributed by atoms with Crippen molar-refractivity contribution in [3.63, 3.8) is 0 Å². The first-order valence-corrected chi connectivity index (χ1v) is 6.61.